The van der Waals surface area contributed by atoms with Gasteiger partial charge >= 0.3 is 0 Å². The van der Waals surface area contributed by atoms with Gasteiger partial charge in [0, 0.05) is 44.9 Å². The highest BCUT2D eigenvalue weighted by molar-refractivity contribution is 5.76. The van der Waals surface area contributed by atoms with Crippen molar-refractivity contribution in [2.75, 3.05) is 25.5 Å². The summed E-state index contributed by atoms with van der Waals surface area (Å²) in [5.74, 6) is 2.29. The van der Waals surface area contributed by atoms with Gasteiger partial charge in [0.15, 0.2) is 0 Å². The van der Waals surface area contributed by atoms with Crippen molar-refractivity contribution in [1.29, 1.82) is 0 Å². The lowest BCUT2D eigenvalue weighted by molar-refractivity contribution is -0.133. The molecule has 3 heterocycles. The van der Waals surface area contributed by atoms with E-state index in [0.29, 0.717) is 12.5 Å². The van der Waals surface area contributed by atoms with Crippen LogP contribution < -0.4 is 5.32 Å². The van der Waals surface area contributed by atoms with Crippen LogP contribution in [0.15, 0.2) is 24.8 Å². The van der Waals surface area contributed by atoms with E-state index in [-0.39, 0.29) is 5.91 Å². The van der Waals surface area contributed by atoms with Crippen LogP contribution in [-0.2, 0) is 17.8 Å². The zero-order valence-electron chi connectivity index (χ0n) is 14.3. The van der Waals surface area contributed by atoms with E-state index in [4.69, 9.17) is 0 Å². The Kier molecular flexibility index (Phi) is 5.08. The van der Waals surface area contributed by atoms with Crippen molar-refractivity contribution in [3.05, 3.63) is 36.3 Å². The van der Waals surface area contributed by atoms with Crippen molar-refractivity contribution in [3.8, 4) is 0 Å². The topological polar surface area (TPSA) is 75.9 Å². The molecule has 1 N–H and O–H groups in total. The number of amides is 1. The van der Waals surface area contributed by atoms with Crippen molar-refractivity contribution in [3.63, 3.8) is 0 Å². The molecule has 0 aromatic carbocycles. The maximum absolute atomic E-state index is 12.6. The molecule has 1 aliphatic heterocycles. The lowest BCUT2D eigenvalue weighted by Crippen LogP contribution is -2.42. The Morgan fingerprint density at radius 1 is 1.29 bits per heavy atom. The standard InChI is InChI=1S/C17H24N6O/c1-13-19-7-9-22(13)12-16(24)23-8-3-4-14(11-23)10-15-17(18-2)21-6-5-20-15/h5-7,9,14H,3-4,8,10-12H2,1-2H3,(H,18,21). The van der Waals surface area contributed by atoms with Gasteiger partial charge < -0.3 is 14.8 Å². The maximum atomic E-state index is 12.6. The maximum Gasteiger partial charge on any atom is 0.242 e. The fourth-order valence-electron chi connectivity index (χ4n) is 3.27. The molecule has 0 aliphatic carbocycles. The van der Waals surface area contributed by atoms with Gasteiger partial charge in [0.25, 0.3) is 0 Å². The molecule has 0 bridgehead atoms. The molecule has 0 spiro atoms. The second-order valence-corrected chi connectivity index (χ2v) is 6.26. The number of nitrogens with one attached hydrogen (secondary N) is 1. The van der Waals surface area contributed by atoms with Crippen LogP contribution in [-0.4, -0.2) is 50.5 Å². The highest BCUT2D eigenvalue weighted by atomic mass is 16.2. The van der Waals surface area contributed by atoms with Crippen molar-refractivity contribution >= 4 is 11.7 Å². The second kappa shape index (κ2) is 7.42. The number of anilines is 1. The van der Waals surface area contributed by atoms with E-state index in [0.717, 1.165) is 49.7 Å². The van der Waals surface area contributed by atoms with Crippen LogP contribution in [0.2, 0.25) is 0 Å². The van der Waals surface area contributed by atoms with Crippen LogP contribution in [0.5, 0.6) is 0 Å². The number of hydrogen-bond donors (Lipinski definition) is 1. The largest absolute Gasteiger partial charge is 0.372 e. The number of likely N-dealkylation sites (tertiary alicyclic amines) is 1. The molecule has 1 unspecified atom stereocenters. The van der Waals surface area contributed by atoms with Crippen LogP contribution in [0.3, 0.4) is 0 Å². The molecule has 0 radical (unpaired) electrons. The predicted octanol–water partition coefficient (Wildman–Crippen LogP) is 1.50. The van der Waals surface area contributed by atoms with Crippen molar-refractivity contribution in [2.45, 2.75) is 32.7 Å². The third-order valence-electron chi connectivity index (χ3n) is 4.59. The first-order valence-corrected chi connectivity index (χ1v) is 8.40. The van der Waals surface area contributed by atoms with Gasteiger partial charge in [-0.2, -0.15) is 0 Å². The molecule has 3 rings (SSSR count). The molecule has 128 valence electrons. The third-order valence-corrected chi connectivity index (χ3v) is 4.59. The number of carbonyl (C=O) groups excluding carboxylic acids is 1. The van der Waals surface area contributed by atoms with Crippen LogP contribution >= 0.6 is 0 Å². The molecule has 1 saturated heterocycles. The number of piperidine rings is 1. The summed E-state index contributed by atoms with van der Waals surface area (Å²) >= 11 is 0. The van der Waals surface area contributed by atoms with E-state index in [2.05, 4.69) is 20.3 Å². The van der Waals surface area contributed by atoms with Gasteiger partial charge in [-0.05, 0) is 32.1 Å². The van der Waals surface area contributed by atoms with E-state index in [1.807, 2.05) is 29.6 Å². The Morgan fingerprint density at radius 2 is 2.12 bits per heavy atom. The molecule has 1 amide bonds. The SMILES string of the molecule is CNc1nccnc1CC1CCCN(C(=O)Cn2ccnc2C)C1. The highest BCUT2D eigenvalue weighted by Gasteiger charge is 2.25. The van der Waals surface area contributed by atoms with E-state index in [1.165, 1.54) is 0 Å². The number of aromatic nitrogens is 4. The first kappa shape index (κ1) is 16.4. The van der Waals surface area contributed by atoms with Crippen molar-refractivity contribution < 1.29 is 4.79 Å². The lowest BCUT2D eigenvalue weighted by atomic mass is 9.93. The number of carbonyl (C=O) groups is 1. The molecular formula is C17H24N6O. The van der Waals surface area contributed by atoms with Crippen molar-refractivity contribution in [1.82, 2.24) is 24.4 Å². The number of hydrogen-bond acceptors (Lipinski definition) is 5. The molecule has 2 aromatic heterocycles. The van der Waals surface area contributed by atoms with Crippen LogP contribution in [0.25, 0.3) is 0 Å². The van der Waals surface area contributed by atoms with Crippen molar-refractivity contribution in [2.24, 2.45) is 5.92 Å². The summed E-state index contributed by atoms with van der Waals surface area (Å²) < 4.78 is 1.90. The van der Waals surface area contributed by atoms with E-state index >= 15 is 0 Å². The van der Waals surface area contributed by atoms with Gasteiger partial charge in [0.2, 0.25) is 5.91 Å². The lowest BCUT2D eigenvalue weighted by Gasteiger charge is -2.33. The second-order valence-electron chi connectivity index (χ2n) is 6.26. The summed E-state index contributed by atoms with van der Waals surface area (Å²) in [6.07, 6.45) is 10.0. The van der Waals surface area contributed by atoms with Gasteiger partial charge in [-0.15, -0.1) is 0 Å². The van der Waals surface area contributed by atoms with E-state index in [9.17, 15) is 4.79 Å². The van der Waals surface area contributed by atoms with Gasteiger partial charge in [0.1, 0.15) is 18.2 Å². The summed E-state index contributed by atoms with van der Waals surface area (Å²) in [5.41, 5.74) is 0.977. The normalized spacial score (nSPS) is 17.8. The van der Waals surface area contributed by atoms with E-state index in [1.54, 1.807) is 18.6 Å². The van der Waals surface area contributed by atoms with Crippen LogP contribution in [0, 0.1) is 12.8 Å². The Balaban J connectivity index is 1.61. The molecule has 1 aliphatic rings. The number of rotatable bonds is 5. The molecular weight excluding hydrogens is 304 g/mol. The summed E-state index contributed by atoms with van der Waals surface area (Å²) in [7, 11) is 1.86. The fourth-order valence-corrected chi connectivity index (χ4v) is 3.27. The number of aryl methyl sites for hydroxylation is 1. The Labute approximate surface area is 142 Å². The van der Waals surface area contributed by atoms with Crippen LogP contribution in [0.4, 0.5) is 5.82 Å². The number of imidazole rings is 1. The highest BCUT2D eigenvalue weighted by Crippen LogP contribution is 2.22. The average molecular weight is 328 g/mol. The summed E-state index contributed by atoms with van der Waals surface area (Å²) in [6, 6.07) is 0. The molecule has 2 aromatic rings. The zero-order valence-corrected chi connectivity index (χ0v) is 14.3. The van der Waals surface area contributed by atoms with E-state index < -0.39 is 0 Å². The van der Waals surface area contributed by atoms with Gasteiger partial charge in [0.05, 0.1) is 5.69 Å². The van der Waals surface area contributed by atoms with Crippen LogP contribution in [0.1, 0.15) is 24.4 Å². The molecule has 1 atom stereocenters. The predicted molar refractivity (Wildman–Crippen MR) is 91.6 cm³/mol. The first-order chi connectivity index (χ1) is 11.7. The molecule has 0 saturated carbocycles. The summed E-state index contributed by atoms with van der Waals surface area (Å²) in [6.45, 7) is 3.90. The minimum atomic E-state index is 0.161. The van der Waals surface area contributed by atoms with Gasteiger partial charge in [-0.3, -0.25) is 9.78 Å². The molecule has 7 nitrogen and oxygen atoms in total. The number of nitrogens with zero attached hydrogens (tertiary/aromatic N) is 5. The molecule has 7 heteroatoms. The van der Waals surface area contributed by atoms with Gasteiger partial charge in [-0.25, -0.2) is 9.97 Å². The molecule has 1 fully saturated rings. The Hall–Kier alpha value is -2.44. The third kappa shape index (κ3) is 3.72. The smallest absolute Gasteiger partial charge is 0.242 e. The first-order valence-electron chi connectivity index (χ1n) is 8.40. The molecule has 24 heavy (non-hydrogen) atoms. The summed E-state index contributed by atoms with van der Waals surface area (Å²) in [4.78, 5) is 27.5. The Morgan fingerprint density at radius 3 is 2.88 bits per heavy atom. The van der Waals surface area contributed by atoms with Gasteiger partial charge in [-0.1, -0.05) is 0 Å². The monoisotopic (exact) mass is 328 g/mol. The summed E-state index contributed by atoms with van der Waals surface area (Å²) in [5, 5.41) is 3.09. The average Bonchev–Trinajstić information content (AvgIpc) is 3.00. The quantitative estimate of drug-likeness (QED) is 0.900. The minimum absolute atomic E-state index is 0.161. The Bertz CT molecular complexity index is 698. The zero-order chi connectivity index (χ0) is 16.9. The minimum Gasteiger partial charge on any atom is -0.372 e. The fraction of sp³-hybridized carbons (Fsp3) is 0.529.